The van der Waals surface area contributed by atoms with Gasteiger partial charge in [-0.2, -0.15) is 5.10 Å². The third-order valence-corrected chi connectivity index (χ3v) is 4.42. The quantitative estimate of drug-likeness (QED) is 0.508. The minimum atomic E-state index is -0.303. The van der Waals surface area contributed by atoms with Crippen LogP contribution < -0.4 is 10.2 Å². The number of amides is 1. The first-order valence-corrected chi connectivity index (χ1v) is 8.63. The molecule has 3 rings (SSSR count). The van der Waals surface area contributed by atoms with E-state index in [0.717, 1.165) is 26.5 Å². The molecular formula is C20H17BrN2O2. The summed E-state index contributed by atoms with van der Waals surface area (Å²) in [6, 6.07) is 21.3. The number of nitrogens with one attached hydrogen (secondary N) is 1. The normalized spacial score (nSPS) is 11.4. The molecule has 25 heavy (non-hydrogen) atoms. The Balaban J connectivity index is 1.64. The third-order valence-electron chi connectivity index (χ3n) is 3.73. The second-order valence-corrected chi connectivity index (χ2v) is 6.33. The molecule has 1 amide bonds. The van der Waals surface area contributed by atoms with E-state index in [1.165, 1.54) is 0 Å². The van der Waals surface area contributed by atoms with Crippen molar-refractivity contribution in [1.82, 2.24) is 5.43 Å². The van der Waals surface area contributed by atoms with Crippen LogP contribution in [0.5, 0.6) is 5.75 Å². The molecule has 0 atom stereocenters. The molecule has 3 aromatic carbocycles. The summed E-state index contributed by atoms with van der Waals surface area (Å²) in [7, 11) is 0. The number of carbonyl (C=O) groups excluding carboxylic acids is 1. The Morgan fingerprint density at radius 3 is 2.44 bits per heavy atom. The van der Waals surface area contributed by atoms with Gasteiger partial charge < -0.3 is 4.74 Å². The van der Waals surface area contributed by atoms with Gasteiger partial charge in [-0.3, -0.25) is 4.79 Å². The first kappa shape index (κ1) is 17.2. The zero-order chi connectivity index (χ0) is 17.6. The van der Waals surface area contributed by atoms with Gasteiger partial charge in [-0.05, 0) is 30.0 Å². The fraction of sp³-hybridized carbons (Fsp3) is 0.100. The largest absolute Gasteiger partial charge is 0.483 e. The van der Waals surface area contributed by atoms with E-state index < -0.39 is 0 Å². The summed E-state index contributed by atoms with van der Waals surface area (Å²) in [5.74, 6) is 0.361. The Labute approximate surface area is 154 Å². The van der Waals surface area contributed by atoms with E-state index in [0.29, 0.717) is 5.75 Å². The van der Waals surface area contributed by atoms with Crippen LogP contribution in [0.25, 0.3) is 10.8 Å². The van der Waals surface area contributed by atoms with Gasteiger partial charge in [0.25, 0.3) is 5.91 Å². The Morgan fingerprint density at radius 1 is 1.00 bits per heavy atom. The summed E-state index contributed by atoms with van der Waals surface area (Å²) in [6.45, 7) is 1.75. The van der Waals surface area contributed by atoms with Crippen molar-refractivity contribution in [2.45, 2.75) is 6.92 Å². The van der Waals surface area contributed by atoms with Crippen LogP contribution in [0.4, 0.5) is 0 Å². The van der Waals surface area contributed by atoms with Crippen molar-refractivity contribution < 1.29 is 9.53 Å². The summed E-state index contributed by atoms with van der Waals surface area (Å²) in [6.07, 6.45) is 0. The van der Waals surface area contributed by atoms with Gasteiger partial charge in [0.15, 0.2) is 6.61 Å². The van der Waals surface area contributed by atoms with E-state index in [1.54, 1.807) is 0 Å². The number of ether oxygens (including phenoxy) is 1. The maximum absolute atomic E-state index is 12.0. The lowest BCUT2D eigenvalue weighted by Crippen LogP contribution is -2.25. The summed E-state index contributed by atoms with van der Waals surface area (Å²) in [4.78, 5) is 12.0. The highest BCUT2D eigenvalue weighted by Gasteiger charge is 2.07. The van der Waals surface area contributed by atoms with Crippen LogP contribution >= 0.6 is 15.9 Å². The van der Waals surface area contributed by atoms with E-state index in [-0.39, 0.29) is 12.5 Å². The first-order chi connectivity index (χ1) is 12.1. The maximum Gasteiger partial charge on any atom is 0.277 e. The Morgan fingerprint density at radius 2 is 1.68 bits per heavy atom. The minimum Gasteiger partial charge on any atom is -0.483 e. The van der Waals surface area contributed by atoms with Crippen molar-refractivity contribution in [3.05, 3.63) is 76.8 Å². The summed E-state index contributed by atoms with van der Waals surface area (Å²) < 4.78 is 6.66. The van der Waals surface area contributed by atoms with Crippen molar-refractivity contribution in [3.8, 4) is 5.75 Å². The molecule has 0 aliphatic heterocycles. The van der Waals surface area contributed by atoms with Gasteiger partial charge in [-0.25, -0.2) is 5.43 Å². The zero-order valence-electron chi connectivity index (χ0n) is 13.7. The SMILES string of the molecule is CC(=NNC(=O)COc1ccc(Br)c2ccccc12)c1ccccc1. The van der Waals surface area contributed by atoms with Gasteiger partial charge >= 0.3 is 0 Å². The van der Waals surface area contributed by atoms with Crippen LogP contribution in [-0.4, -0.2) is 18.2 Å². The van der Waals surface area contributed by atoms with Crippen molar-refractivity contribution in [2.24, 2.45) is 5.10 Å². The number of rotatable bonds is 5. The van der Waals surface area contributed by atoms with Gasteiger partial charge in [0.2, 0.25) is 0 Å². The number of hydrogen-bond acceptors (Lipinski definition) is 3. The average Bonchev–Trinajstić information content (AvgIpc) is 2.66. The standard InChI is InChI=1S/C20H17BrN2O2/c1-14(15-7-3-2-4-8-15)22-23-20(24)13-25-19-12-11-18(21)16-9-5-6-10-17(16)19/h2-12H,13H2,1H3,(H,23,24). The molecule has 0 bridgehead atoms. The van der Waals surface area contributed by atoms with Crippen LogP contribution in [0.2, 0.25) is 0 Å². The summed E-state index contributed by atoms with van der Waals surface area (Å²) >= 11 is 3.52. The lowest BCUT2D eigenvalue weighted by Gasteiger charge is -2.10. The molecule has 0 unspecified atom stereocenters. The molecule has 0 aliphatic carbocycles. The molecule has 0 spiro atoms. The van der Waals surface area contributed by atoms with Crippen molar-refractivity contribution >= 4 is 38.3 Å². The number of halogens is 1. The molecule has 4 nitrogen and oxygen atoms in total. The Kier molecular flexibility index (Phi) is 5.46. The fourth-order valence-electron chi connectivity index (χ4n) is 2.43. The summed E-state index contributed by atoms with van der Waals surface area (Å²) in [5, 5.41) is 6.11. The minimum absolute atomic E-state index is 0.100. The lowest BCUT2D eigenvalue weighted by atomic mass is 10.1. The molecule has 0 saturated carbocycles. The van der Waals surface area contributed by atoms with Crippen molar-refractivity contribution in [3.63, 3.8) is 0 Å². The molecule has 0 aromatic heterocycles. The second-order valence-electron chi connectivity index (χ2n) is 5.48. The van der Waals surface area contributed by atoms with E-state index in [9.17, 15) is 4.79 Å². The van der Waals surface area contributed by atoms with Gasteiger partial charge in [-0.15, -0.1) is 0 Å². The molecule has 0 heterocycles. The highest BCUT2D eigenvalue weighted by atomic mass is 79.9. The molecule has 0 aliphatic rings. The highest BCUT2D eigenvalue weighted by molar-refractivity contribution is 9.10. The van der Waals surface area contributed by atoms with Crippen LogP contribution in [-0.2, 0) is 4.79 Å². The number of benzene rings is 3. The predicted molar refractivity (Wildman–Crippen MR) is 104 cm³/mol. The number of fused-ring (bicyclic) bond motifs is 1. The van der Waals surface area contributed by atoms with Crippen LogP contribution in [0.3, 0.4) is 0 Å². The van der Waals surface area contributed by atoms with E-state index in [4.69, 9.17) is 4.74 Å². The topological polar surface area (TPSA) is 50.7 Å². The van der Waals surface area contributed by atoms with Gasteiger partial charge in [0.1, 0.15) is 5.75 Å². The van der Waals surface area contributed by atoms with Crippen LogP contribution in [0.15, 0.2) is 76.3 Å². The molecule has 1 N–H and O–H groups in total. The fourth-order valence-corrected chi connectivity index (χ4v) is 2.90. The van der Waals surface area contributed by atoms with Crippen molar-refractivity contribution in [1.29, 1.82) is 0 Å². The number of nitrogens with zero attached hydrogens (tertiary/aromatic N) is 1. The lowest BCUT2D eigenvalue weighted by molar-refractivity contribution is -0.123. The van der Waals surface area contributed by atoms with E-state index in [2.05, 4.69) is 26.5 Å². The molecular weight excluding hydrogens is 380 g/mol. The Hall–Kier alpha value is -2.66. The smallest absolute Gasteiger partial charge is 0.277 e. The first-order valence-electron chi connectivity index (χ1n) is 7.84. The zero-order valence-corrected chi connectivity index (χ0v) is 15.3. The van der Waals surface area contributed by atoms with Crippen molar-refractivity contribution in [2.75, 3.05) is 6.61 Å². The molecule has 0 saturated heterocycles. The van der Waals surface area contributed by atoms with E-state index >= 15 is 0 Å². The molecule has 3 aromatic rings. The second kappa shape index (κ2) is 7.94. The third kappa shape index (κ3) is 4.25. The van der Waals surface area contributed by atoms with Crippen LogP contribution in [0.1, 0.15) is 12.5 Å². The summed E-state index contributed by atoms with van der Waals surface area (Å²) in [5.41, 5.74) is 4.23. The molecule has 0 radical (unpaired) electrons. The predicted octanol–water partition coefficient (Wildman–Crippen LogP) is 4.52. The van der Waals surface area contributed by atoms with Gasteiger partial charge in [0, 0.05) is 9.86 Å². The molecule has 126 valence electrons. The highest BCUT2D eigenvalue weighted by Crippen LogP contribution is 2.31. The molecule has 5 heteroatoms. The van der Waals surface area contributed by atoms with E-state index in [1.807, 2.05) is 73.7 Å². The maximum atomic E-state index is 12.0. The van der Waals surface area contributed by atoms with Crippen LogP contribution in [0, 0.1) is 0 Å². The monoisotopic (exact) mass is 396 g/mol. The molecule has 0 fully saturated rings. The number of carbonyl (C=O) groups is 1. The number of hydrazone groups is 1. The van der Waals surface area contributed by atoms with Gasteiger partial charge in [-0.1, -0.05) is 70.5 Å². The average molecular weight is 397 g/mol. The Bertz CT molecular complexity index is 923. The number of hydrogen-bond donors (Lipinski definition) is 1. The van der Waals surface area contributed by atoms with Gasteiger partial charge in [0.05, 0.1) is 5.71 Å².